The van der Waals surface area contributed by atoms with Gasteiger partial charge in [0.2, 0.25) is 0 Å². The van der Waals surface area contributed by atoms with E-state index in [1.807, 2.05) is 60.7 Å². The lowest BCUT2D eigenvalue weighted by atomic mass is 10.0. The molecule has 5 rings (SSSR count). The van der Waals surface area contributed by atoms with E-state index < -0.39 is 6.17 Å². The van der Waals surface area contributed by atoms with Crippen LogP contribution in [0.1, 0.15) is 22.1 Å². The van der Waals surface area contributed by atoms with Crippen molar-refractivity contribution in [2.45, 2.75) is 6.17 Å². The van der Waals surface area contributed by atoms with Crippen molar-refractivity contribution in [3.8, 4) is 5.75 Å². The van der Waals surface area contributed by atoms with Gasteiger partial charge in [-0.1, -0.05) is 30.3 Å². The third-order valence-corrected chi connectivity index (χ3v) is 5.35. The van der Waals surface area contributed by atoms with Crippen LogP contribution in [0.4, 0.5) is 11.4 Å². The van der Waals surface area contributed by atoms with E-state index in [4.69, 9.17) is 4.74 Å². The average Bonchev–Trinajstić information content (AvgIpc) is 2.79. The summed E-state index contributed by atoms with van der Waals surface area (Å²) in [5.74, 6) is 0.517. The quantitative estimate of drug-likeness (QED) is 0.540. The third kappa shape index (κ3) is 2.90. The number of para-hydroxylation sites is 2. The molecule has 6 heteroatoms. The number of nitrogens with one attached hydrogen (secondary N) is 2. The first-order chi connectivity index (χ1) is 14.7. The summed E-state index contributed by atoms with van der Waals surface area (Å²) in [5.41, 5.74) is 2.90. The number of amides is 1. The molecule has 3 aromatic carbocycles. The first-order valence-corrected chi connectivity index (χ1v) is 9.61. The van der Waals surface area contributed by atoms with Gasteiger partial charge in [-0.25, -0.2) is 0 Å². The molecular weight excluding hydrogens is 378 g/mol. The molecule has 2 heterocycles. The van der Waals surface area contributed by atoms with E-state index in [1.165, 1.54) is 0 Å². The second-order valence-electron chi connectivity index (χ2n) is 7.11. The monoisotopic (exact) mass is 397 g/mol. The van der Waals surface area contributed by atoms with Crippen molar-refractivity contribution in [1.82, 2.24) is 4.98 Å². The SMILES string of the molecule is COc1ccc(N2C(=O)c3ccccc3NC2c2cc3ccccc3[nH]c2=O)cc1. The number of benzene rings is 3. The van der Waals surface area contributed by atoms with Crippen molar-refractivity contribution in [3.05, 3.63) is 100 Å². The molecule has 4 aromatic rings. The molecule has 148 valence electrons. The van der Waals surface area contributed by atoms with Gasteiger partial charge in [0.05, 0.1) is 18.2 Å². The molecule has 30 heavy (non-hydrogen) atoms. The van der Waals surface area contributed by atoms with Crippen molar-refractivity contribution < 1.29 is 9.53 Å². The van der Waals surface area contributed by atoms with Gasteiger partial charge < -0.3 is 15.0 Å². The number of anilines is 2. The Morgan fingerprint density at radius 2 is 1.63 bits per heavy atom. The highest BCUT2D eigenvalue weighted by Crippen LogP contribution is 2.36. The zero-order valence-corrected chi connectivity index (χ0v) is 16.3. The Labute approximate surface area is 172 Å². The van der Waals surface area contributed by atoms with E-state index in [2.05, 4.69) is 10.3 Å². The zero-order valence-electron chi connectivity index (χ0n) is 16.3. The lowest BCUT2D eigenvalue weighted by Crippen LogP contribution is -2.45. The Morgan fingerprint density at radius 1 is 0.900 bits per heavy atom. The number of hydrogen-bond acceptors (Lipinski definition) is 4. The smallest absolute Gasteiger partial charge is 0.262 e. The number of fused-ring (bicyclic) bond motifs is 2. The minimum absolute atomic E-state index is 0.174. The van der Waals surface area contributed by atoms with Crippen LogP contribution in [-0.4, -0.2) is 18.0 Å². The fourth-order valence-corrected chi connectivity index (χ4v) is 3.85. The van der Waals surface area contributed by atoms with Gasteiger partial charge in [-0.3, -0.25) is 14.5 Å². The fourth-order valence-electron chi connectivity index (χ4n) is 3.85. The van der Waals surface area contributed by atoms with E-state index in [0.29, 0.717) is 28.3 Å². The van der Waals surface area contributed by atoms with E-state index in [9.17, 15) is 9.59 Å². The molecule has 1 aliphatic heterocycles. The zero-order chi connectivity index (χ0) is 20.7. The molecule has 0 fully saturated rings. The maximum Gasteiger partial charge on any atom is 0.262 e. The summed E-state index contributed by atoms with van der Waals surface area (Å²) >= 11 is 0. The predicted octanol–water partition coefficient (Wildman–Crippen LogP) is 4.31. The van der Waals surface area contributed by atoms with Crippen molar-refractivity contribution in [3.63, 3.8) is 0 Å². The number of carbonyl (C=O) groups is 1. The van der Waals surface area contributed by atoms with Crippen LogP contribution in [0.2, 0.25) is 0 Å². The number of rotatable bonds is 3. The molecule has 0 spiro atoms. The second-order valence-corrected chi connectivity index (χ2v) is 7.11. The second kappa shape index (κ2) is 7.08. The Balaban J connectivity index is 1.70. The number of pyridine rings is 1. The molecule has 1 amide bonds. The van der Waals surface area contributed by atoms with Crippen LogP contribution in [0.15, 0.2) is 83.7 Å². The highest BCUT2D eigenvalue weighted by molar-refractivity contribution is 6.12. The van der Waals surface area contributed by atoms with E-state index >= 15 is 0 Å². The summed E-state index contributed by atoms with van der Waals surface area (Å²) in [4.78, 5) is 31.0. The van der Waals surface area contributed by atoms with Crippen LogP contribution in [0, 0.1) is 0 Å². The molecule has 0 radical (unpaired) electrons. The normalized spacial score (nSPS) is 15.6. The summed E-state index contributed by atoms with van der Waals surface area (Å²) in [6.45, 7) is 0. The van der Waals surface area contributed by atoms with Crippen LogP contribution >= 0.6 is 0 Å². The maximum absolute atomic E-state index is 13.5. The molecule has 0 saturated carbocycles. The Morgan fingerprint density at radius 3 is 2.43 bits per heavy atom. The Hall–Kier alpha value is -4.06. The summed E-state index contributed by atoms with van der Waals surface area (Å²) in [5, 5.41) is 4.28. The third-order valence-electron chi connectivity index (χ3n) is 5.35. The van der Waals surface area contributed by atoms with Crippen LogP contribution < -0.4 is 20.5 Å². The number of carbonyl (C=O) groups excluding carboxylic acids is 1. The number of H-pyrrole nitrogens is 1. The van der Waals surface area contributed by atoms with E-state index in [0.717, 1.165) is 10.9 Å². The van der Waals surface area contributed by atoms with Crippen molar-refractivity contribution in [1.29, 1.82) is 0 Å². The molecule has 1 atom stereocenters. The molecular formula is C24H19N3O3. The van der Waals surface area contributed by atoms with Crippen molar-refractivity contribution in [2.24, 2.45) is 0 Å². The predicted molar refractivity (Wildman–Crippen MR) is 117 cm³/mol. The lowest BCUT2D eigenvalue weighted by Gasteiger charge is -2.37. The molecule has 1 aromatic heterocycles. The number of ether oxygens (including phenoxy) is 1. The first kappa shape index (κ1) is 18.0. The summed E-state index contributed by atoms with van der Waals surface area (Å²) in [7, 11) is 1.59. The first-order valence-electron chi connectivity index (χ1n) is 9.61. The highest BCUT2D eigenvalue weighted by Gasteiger charge is 2.35. The maximum atomic E-state index is 13.5. The molecule has 1 unspecified atom stereocenters. The molecule has 0 aliphatic carbocycles. The van der Waals surface area contributed by atoms with Gasteiger partial charge in [-0.05, 0) is 53.9 Å². The minimum atomic E-state index is -0.658. The molecule has 2 N–H and O–H groups in total. The Bertz CT molecular complexity index is 1310. The highest BCUT2D eigenvalue weighted by atomic mass is 16.5. The Kier molecular flexibility index (Phi) is 4.25. The van der Waals surface area contributed by atoms with Crippen LogP contribution in [-0.2, 0) is 0 Å². The van der Waals surface area contributed by atoms with Gasteiger partial charge in [0.25, 0.3) is 11.5 Å². The van der Waals surface area contributed by atoms with Crippen LogP contribution in [0.3, 0.4) is 0 Å². The van der Waals surface area contributed by atoms with Gasteiger partial charge in [0.1, 0.15) is 11.9 Å². The van der Waals surface area contributed by atoms with E-state index in [1.54, 1.807) is 30.2 Å². The standard InChI is InChI=1S/C24H19N3O3/c1-30-17-12-10-16(11-13-17)27-22(25-21-9-5-3-7-18(21)24(27)29)19-14-15-6-2-4-8-20(15)26-23(19)28/h2-14,22,25H,1H3,(H,26,28). The van der Waals surface area contributed by atoms with Gasteiger partial charge >= 0.3 is 0 Å². The molecule has 6 nitrogen and oxygen atoms in total. The topological polar surface area (TPSA) is 74.4 Å². The molecule has 1 aliphatic rings. The number of aromatic nitrogens is 1. The van der Waals surface area contributed by atoms with Gasteiger partial charge in [0.15, 0.2) is 0 Å². The number of nitrogens with zero attached hydrogens (tertiary/aromatic N) is 1. The largest absolute Gasteiger partial charge is 0.497 e. The number of aromatic amines is 1. The van der Waals surface area contributed by atoms with Crippen molar-refractivity contribution >= 4 is 28.2 Å². The van der Waals surface area contributed by atoms with E-state index in [-0.39, 0.29) is 11.5 Å². The van der Waals surface area contributed by atoms with Crippen molar-refractivity contribution in [2.75, 3.05) is 17.3 Å². The summed E-state index contributed by atoms with van der Waals surface area (Å²) in [6.07, 6.45) is -0.658. The van der Waals surface area contributed by atoms with Gasteiger partial charge in [-0.2, -0.15) is 0 Å². The summed E-state index contributed by atoms with van der Waals surface area (Å²) in [6, 6.07) is 24.0. The number of methoxy groups -OCH3 is 1. The lowest BCUT2D eigenvalue weighted by molar-refractivity contribution is 0.0974. The fraction of sp³-hybridized carbons (Fsp3) is 0.0833. The van der Waals surface area contributed by atoms with Gasteiger partial charge in [-0.15, -0.1) is 0 Å². The van der Waals surface area contributed by atoms with Gasteiger partial charge in [0, 0.05) is 16.9 Å². The summed E-state index contributed by atoms with van der Waals surface area (Å²) < 4.78 is 5.24. The molecule has 0 saturated heterocycles. The minimum Gasteiger partial charge on any atom is -0.497 e. The van der Waals surface area contributed by atoms with Crippen LogP contribution in [0.25, 0.3) is 10.9 Å². The molecule has 0 bridgehead atoms. The number of hydrogen-bond donors (Lipinski definition) is 2. The average molecular weight is 397 g/mol. The van der Waals surface area contributed by atoms with Crippen LogP contribution in [0.5, 0.6) is 5.75 Å².